The van der Waals surface area contributed by atoms with Gasteiger partial charge in [0.25, 0.3) is 0 Å². The first-order valence-electron chi connectivity index (χ1n) is 21.9. The van der Waals surface area contributed by atoms with Crippen LogP contribution in [0, 0.1) is 31.6 Å². The number of phenolic OH excluding ortho intramolecular Hbond substituents is 1. The molecule has 0 aromatic heterocycles. The number of aryl methyl sites for hydroxylation is 2. The van der Waals surface area contributed by atoms with Gasteiger partial charge in [-0.2, -0.15) is 0 Å². The molecule has 4 aromatic rings. The summed E-state index contributed by atoms with van der Waals surface area (Å²) >= 11 is 0. The molecule has 0 atom stereocenters. The number of unbranched alkanes of at least 4 members (excludes halogenated alkanes) is 4. The second-order valence-electron chi connectivity index (χ2n) is 17.4. The lowest BCUT2D eigenvalue weighted by Gasteiger charge is -2.29. The maximum atomic E-state index is 14.1. The number of nitrogens with one attached hydrogen (secondary N) is 1. The molecule has 2 saturated carbocycles. The standard InChI is InChI=1S/C51H63NO4/c1-5-7-9-12-35-16-18-37(19-17-35)32-56-51-33(3)30-40(31-34(51)4)42-28-29-44-47(48(42)53)50(55)43-14-11-15-45(46(43)49(44)54)52-41-26-24-39(25-27-41)38-22-20-36(21-23-38)13-10-8-6-2/h11,14-15,24-31,35-38,52-53H,5-10,12-13,16-23,32H2,1-4H3. The predicted molar refractivity (Wildman–Crippen MR) is 230 cm³/mol. The first-order valence-corrected chi connectivity index (χ1v) is 21.9. The molecule has 296 valence electrons. The Balaban J connectivity index is 1.02. The van der Waals surface area contributed by atoms with Crippen LogP contribution in [-0.4, -0.2) is 23.3 Å². The Bertz CT molecular complexity index is 1970. The summed E-state index contributed by atoms with van der Waals surface area (Å²) in [5.41, 5.74) is 7.12. The van der Waals surface area contributed by atoms with Crippen molar-refractivity contribution in [3.8, 4) is 22.6 Å². The molecular formula is C51H63NO4. The number of carbonyl (C=O) groups excluding carboxylic acids is 2. The average Bonchev–Trinajstić information content (AvgIpc) is 3.21. The van der Waals surface area contributed by atoms with Gasteiger partial charge in [-0.1, -0.05) is 102 Å². The Morgan fingerprint density at radius 3 is 1.82 bits per heavy atom. The summed E-state index contributed by atoms with van der Waals surface area (Å²) < 4.78 is 6.46. The Hall–Kier alpha value is -4.38. The third-order valence-electron chi connectivity index (χ3n) is 13.3. The van der Waals surface area contributed by atoms with Crippen LogP contribution in [-0.2, 0) is 0 Å². The van der Waals surface area contributed by atoms with Gasteiger partial charge in [-0.15, -0.1) is 0 Å². The summed E-state index contributed by atoms with van der Waals surface area (Å²) in [6, 6.07) is 21.5. The van der Waals surface area contributed by atoms with Gasteiger partial charge in [-0.05, 0) is 141 Å². The summed E-state index contributed by atoms with van der Waals surface area (Å²) in [5.74, 6) is 3.08. The number of rotatable bonds is 15. The topological polar surface area (TPSA) is 75.6 Å². The minimum absolute atomic E-state index is 0.0718. The molecule has 2 N–H and O–H groups in total. The largest absolute Gasteiger partial charge is 0.507 e. The molecule has 5 heteroatoms. The van der Waals surface area contributed by atoms with Crippen LogP contribution < -0.4 is 10.1 Å². The molecule has 7 rings (SSSR count). The van der Waals surface area contributed by atoms with Crippen molar-refractivity contribution in [3.63, 3.8) is 0 Å². The van der Waals surface area contributed by atoms with E-state index in [4.69, 9.17) is 4.74 Å². The third kappa shape index (κ3) is 8.77. The van der Waals surface area contributed by atoms with E-state index in [1.165, 1.54) is 108 Å². The van der Waals surface area contributed by atoms with Crippen LogP contribution in [0.1, 0.15) is 171 Å². The smallest absolute Gasteiger partial charge is 0.198 e. The molecule has 0 unspecified atom stereocenters. The summed E-state index contributed by atoms with van der Waals surface area (Å²) in [7, 11) is 0. The fraction of sp³-hybridized carbons (Fsp3) is 0.490. The molecule has 0 radical (unpaired) electrons. The van der Waals surface area contributed by atoms with Gasteiger partial charge in [0, 0.05) is 22.4 Å². The highest BCUT2D eigenvalue weighted by Crippen LogP contribution is 2.44. The number of benzene rings is 4. The van der Waals surface area contributed by atoms with Gasteiger partial charge in [0.05, 0.1) is 23.4 Å². The van der Waals surface area contributed by atoms with Gasteiger partial charge in [0.2, 0.25) is 0 Å². The van der Waals surface area contributed by atoms with Gasteiger partial charge in [0.15, 0.2) is 11.6 Å². The molecule has 0 amide bonds. The van der Waals surface area contributed by atoms with E-state index in [0.717, 1.165) is 46.6 Å². The van der Waals surface area contributed by atoms with Gasteiger partial charge < -0.3 is 15.2 Å². The molecule has 4 aromatic carbocycles. The SMILES string of the molecule is CCCCCC1CCC(COc2c(C)cc(-c3ccc4c(c3O)C(=O)c3cccc(Nc5ccc(C6CCC(CCCCC)CC6)cc5)c3C4=O)cc2C)CC1. The fourth-order valence-corrected chi connectivity index (χ4v) is 9.97. The van der Waals surface area contributed by atoms with Crippen LogP contribution in [0.5, 0.6) is 11.5 Å². The number of aromatic hydroxyl groups is 1. The Kier molecular flexibility index (Phi) is 13.0. The predicted octanol–water partition coefficient (Wildman–Crippen LogP) is 13.8. The lowest BCUT2D eigenvalue weighted by atomic mass is 9.77. The molecule has 0 aliphatic heterocycles. The number of ether oxygens (including phenoxy) is 1. The van der Waals surface area contributed by atoms with E-state index in [-0.39, 0.29) is 28.4 Å². The molecule has 0 heterocycles. The van der Waals surface area contributed by atoms with E-state index >= 15 is 0 Å². The van der Waals surface area contributed by atoms with Crippen molar-refractivity contribution in [1.29, 1.82) is 0 Å². The highest BCUT2D eigenvalue weighted by molar-refractivity contribution is 6.31. The van der Waals surface area contributed by atoms with Crippen molar-refractivity contribution >= 4 is 22.9 Å². The molecule has 0 spiro atoms. The second-order valence-corrected chi connectivity index (χ2v) is 17.4. The average molecular weight is 754 g/mol. The Labute approximate surface area is 335 Å². The van der Waals surface area contributed by atoms with E-state index in [1.54, 1.807) is 24.3 Å². The highest BCUT2D eigenvalue weighted by atomic mass is 16.5. The van der Waals surface area contributed by atoms with Crippen LogP contribution in [0.2, 0.25) is 0 Å². The zero-order valence-corrected chi connectivity index (χ0v) is 34.4. The number of hydrogen-bond acceptors (Lipinski definition) is 5. The molecular weight excluding hydrogens is 691 g/mol. The van der Waals surface area contributed by atoms with Gasteiger partial charge >= 0.3 is 0 Å². The van der Waals surface area contributed by atoms with E-state index in [0.29, 0.717) is 34.2 Å². The van der Waals surface area contributed by atoms with Crippen molar-refractivity contribution in [2.75, 3.05) is 11.9 Å². The minimum Gasteiger partial charge on any atom is -0.507 e. The fourth-order valence-electron chi connectivity index (χ4n) is 9.97. The Morgan fingerprint density at radius 1 is 0.643 bits per heavy atom. The maximum Gasteiger partial charge on any atom is 0.198 e. The molecule has 5 nitrogen and oxygen atoms in total. The zero-order valence-electron chi connectivity index (χ0n) is 34.4. The molecule has 0 bridgehead atoms. The van der Waals surface area contributed by atoms with Gasteiger partial charge in [-0.25, -0.2) is 0 Å². The van der Waals surface area contributed by atoms with Gasteiger partial charge in [-0.3, -0.25) is 9.59 Å². The monoisotopic (exact) mass is 753 g/mol. The summed E-state index contributed by atoms with van der Waals surface area (Å²) in [6.07, 6.45) is 21.0. The number of phenols is 1. The number of hydrogen-bond donors (Lipinski definition) is 2. The molecule has 2 fully saturated rings. The molecule has 3 aliphatic rings. The van der Waals surface area contributed by atoms with E-state index in [1.807, 2.05) is 32.0 Å². The van der Waals surface area contributed by atoms with Crippen molar-refractivity contribution in [3.05, 3.63) is 106 Å². The van der Waals surface area contributed by atoms with Crippen LogP contribution in [0.25, 0.3) is 11.1 Å². The number of carbonyl (C=O) groups is 2. The first-order chi connectivity index (χ1) is 27.2. The van der Waals surface area contributed by atoms with Crippen LogP contribution in [0.4, 0.5) is 11.4 Å². The van der Waals surface area contributed by atoms with Crippen LogP contribution >= 0.6 is 0 Å². The van der Waals surface area contributed by atoms with E-state index in [2.05, 4.69) is 43.4 Å². The van der Waals surface area contributed by atoms with Crippen molar-refractivity contribution in [2.45, 2.75) is 136 Å². The van der Waals surface area contributed by atoms with Crippen molar-refractivity contribution < 1.29 is 19.4 Å². The normalized spacial score (nSPS) is 20.7. The van der Waals surface area contributed by atoms with Crippen molar-refractivity contribution in [1.82, 2.24) is 0 Å². The molecule has 56 heavy (non-hydrogen) atoms. The number of ketones is 2. The highest BCUT2D eigenvalue weighted by Gasteiger charge is 2.35. The quantitative estimate of drug-likeness (QED) is 0.104. The number of fused-ring (bicyclic) bond motifs is 2. The van der Waals surface area contributed by atoms with E-state index in [9.17, 15) is 14.7 Å². The van der Waals surface area contributed by atoms with Crippen molar-refractivity contribution in [2.24, 2.45) is 17.8 Å². The summed E-state index contributed by atoms with van der Waals surface area (Å²) in [4.78, 5) is 28.3. The van der Waals surface area contributed by atoms with Crippen LogP contribution in [0.3, 0.4) is 0 Å². The lowest BCUT2D eigenvalue weighted by molar-refractivity contribution is 0.0977. The zero-order chi connectivity index (χ0) is 39.2. The first kappa shape index (κ1) is 39.8. The van der Waals surface area contributed by atoms with Gasteiger partial charge in [0.1, 0.15) is 11.5 Å². The molecule has 0 saturated heterocycles. The second kappa shape index (κ2) is 18.3. The van der Waals surface area contributed by atoms with Crippen LogP contribution in [0.15, 0.2) is 66.7 Å². The summed E-state index contributed by atoms with van der Waals surface area (Å²) in [5, 5.41) is 15.1. The number of anilines is 2. The maximum absolute atomic E-state index is 14.1. The Morgan fingerprint density at radius 2 is 1.20 bits per heavy atom. The lowest BCUT2D eigenvalue weighted by Crippen LogP contribution is -2.22. The minimum atomic E-state index is -0.341. The third-order valence-corrected chi connectivity index (χ3v) is 13.3. The van der Waals surface area contributed by atoms with E-state index < -0.39 is 0 Å². The summed E-state index contributed by atoms with van der Waals surface area (Å²) in [6.45, 7) is 9.36. The molecule has 3 aliphatic carbocycles.